The zero-order valence-corrected chi connectivity index (χ0v) is 6.06. The van der Waals surface area contributed by atoms with Crippen LogP contribution in [0.2, 0.25) is 0 Å². The van der Waals surface area contributed by atoms with Crippen molar-refractivity contribution in [3.05, 3.63) is 16.6 Å². The molecule has 2 N–H and O–H groups in total. The summed E-state index contributed by atoms with van der Waals surface area (Å²) in [6.07, 6.45) is -3.37. The Labute approximate surface area is 66.6 Å². The van der Waals surface area contributed by atoms with Gasteiger partial charge in [-0.05, 0) is 0 Å². The lowest BCUT2D eigenvalue weighted by molar-refractivity contribution is -0.439. The lowest BCUT2D eigenvalue weighted by Crippen LogP contribution is -2.28. The molecule has 0 saturated heterocycles. The summed E-state index contributed by atoms with van der Waals surface area (Å²) < 4.78 is 35.9. The van der Waals surface area contributed by atoms with Crippen LogP contribution in [-0.4, -0.2) is 17.1 Å². The van der Waals surface area contributed by atoms with Crippen molar-refractivity contribution in [2.75, 3.05) is 0 Å². The fourth-order valence-electron chi connectivity index (χ4n) is 0.996. The van der Waals surface area contributed by atoms with E-state index in [2.05, 4.69) is 0 Å². The van der Waals surface area contributed by atoms with Gasteiger partial charge in [-0.1, -0.05) is 0 Å². The predicted molar refractivity (Wildman–Crippen MR) is 36.2 cm³/mol. The molecular weight excluding hydrogens is 173 g/mol. The largest absolute Gasteiger partial charge is 0.618 e. The van der Waals surface area contributed by atoms with Crippen LogP contribution in [0.4, 0.5) is 13.2 Å². The van der Waals surface area contributed by atoms with Gasteiger partial charge >= 0.3 is 11.9 Å². The van der Waals surface area contributed by atoms with Gasteiger partial charge in [0.2, 0.25) is 0 Å². The van der Waals surface area contributed by atoms with Crippen LogP contribution < -0.4 is 5.73 Å². The monoisotopic (exact) mass is 180 g/mol. The van der Waals surface area contributed by atoms with Crippen LogP contribution in [0.25, 0.3) is 0 Å². The van der Waals surface area contributed by atoms with Crippen molar-refractivity contribution in [2.24, 2.45) is 5.73 Å². The molecule has 0 fully saturated rings. The normalized spacial score (nSPS) is 19.4. The lowest BCUT2D eigenvalue weighted by atomic mass is 10.1. The van der Waals surface area contributed by atoms with E-state index in [9.17, 15) is 18.4 Å². The first kappa shape index (κ1) is 8.89. The summed E-state index contributed by atoms with van der Waals surface area (Å²) in [4.78, 5) is 0. The average molecular weight is 180 g/mol. The van der Waals surface area contributed by atoms with Gasteiger partial charge in [0.1, 0.15) is 0 Å². The molecule has 0 unspecified atom stereocenters. The molecule has 0 aromatic carbocycles. The first-order valence-corrected chi connectivity index (χ1v) is 3.28. The Bertz CT molecular complexity index is 254. The summed E-state index contributed by atoms with van der Waals surface area (Å²) in [7, 11) is 0. The second kappa shape index (κ2) is 2.69. The zero-order valence-electron chi connectivity index (χ0n) is 6.06. The Morgan fingerprint density at radius 3 is 2.42 bits per heavy atom. The molecule has 1 heterocycles. The SMILES string of the molecule is NC1=C(C(F)(F)F)[N+]([O-])=CCC1. The summed E-state index contributed by atoms with van der Waals surface area (Å²) in [5.74, 6) is 0. The van der Waals surface area contributed by atoms with E-state index in [0.29, 0.717) is 0 Å². The minimum atomic E-state index is -4.65. The molecule has 0 amide bonds. The molecule has 1 aliphatic heterocycles. The van der Waals surface area contributed by atoms with E-state index in [4.69, 9.17) is 5.73 Å². The fourth-order valence-corrected chi connectivity index (χ4v) is 0.996. The number of hydrogen-bond acceptors (Lipinski definition) is 2. The molecule has 6 heteroatoms. The molecule has 68 valence electrons. The summed E-state index contributed by atoms with van der Waals surface area (Å²) in [5, 5.41) is 10.7. The van der Waals surface area contributed by atoms with Crippen molar-refractivity contribution in [1.29, 1.82) is 0 Å². The number of allylic oxidation sites excluding steroid dienone is 2. The topological polar surface area (TPSA) is 52.1 Å². The average Bonchev–Trinajstić information content (AvgIpc) is 1.82. The van der Waals surface area contributed by atoms with Gasteiger partial charge in [-0.3, -0.25) is 0 Å². The highest BCUT2D eigenvalue weighted by Crippen LogP contribution is 2.29. The quantitative estimate of drug-likeness (QED) is 0.448. The van der Waals surface area contributed by atoms with Gasteiger partial charge in [-0.2, -0.15) is 17.9 Å². The van der Waals surface area contributed by atoms with Crippen molar-refractivity contribution in [1.82, 2.24) is 0 Å². The first-order chi connectivity index (χ1) is 5.43. The molecular formula is C6H7F3N2O. The van der Waals surface area contributed by atoms with E-state index in [1.807, 2.05) is 0 Å². The zero-order chi connectivity index (χ0) is 9.35. The van der Waals surface area contributed by atoms with Crippen LogP contribution in [0, 0.1) is 5.21 Å². The molecule has 0 bridgehead atoms. The molecule has 12 heavy (non-hydrogen) atoms. The van der Waals surface area contributed by atoms with E-state index >= 15 is 0 Å². The highest BCUT2D eigenvalue weighted by atomic mass is 19.4. The molecule has 0 saturated carbocycles. The molecule has 0 aliphatic carbocycles. The second-order valence-electron chi connectivity index (χ2n) is 2.42. The fraction of sp³-hybridized carbons (Fsp3) is 0.500. The minimum Gasteiger partial charge on any atom is -0.618 e. The van der Waals surface area contributed by atoms with Gasteiger partial charge in [0, 0.05) is 12.8 Å². The van der Waals surface area contributed by atoms with Gasteiger partial charge in [-0.25, -0.2) is 0 Å². The Kier molecular flexibility index (Phi) is 1.99. The van der Waals surface area contributed by atoms with Crippen molar-refractivity contribution >= 4 is 6.21 Å². The number of hydroxylamine groups is 1. The Hall–Kier alpha value is -1.20. The molecule has 0 radical (unpaired) electrons. The number of hydrogen-bond donors (Lipinski definition) is 1. The maximum absolute atomic E-state index is 12.0. The van der Waals surface area contributed by atoms with Crippen molar-refractivity contribution in [3.8, 4) is 0 Å². The molecule has 0 aromatic heterocycles. The van der Waals surface area contributed by atoms with E-state index in [-0.39, 0.29) is 23.3 Å². The molecule has 0 aromatic rings. The molecule has 3 nitrogen and oxygen atoms in total. The van der Waals surface area contributed by atoms with Gasteiger partial charge in [0.25, 0.3) is 0 Å². The van der Waals surface area contributed by atoms with Gasteiger partial charge in [-0.15, -0.1) is 0 Å². The summed E-state index contributed by atoms with van der Waals surface area (Å²) >= 11 is 0. The minimum absolute atomic E-state index is 0.0909. The maximum Gasteiger partial charge on any atom is 0.480 e. The highest BCUT2D eigenvalue weighted by Gasteiger charge is 2.44. The van der Waals surface area contributed by atoms with Crippen molar-refractivity contribution in [3.63, 3.8) is 0 Å². The smallest absolute Gasteiger partial charge is 0.480 e. The number of halogens is 3. The van der Waals surface area contributed by atoms with Crippen LogP contribution in [0.5, 0.6) is 0 Å². The summed E-state index contributed by atoms with van der Waals surface area (Å²) in [6, 6.07) is 0. The van der Waals surface area contributed by atoms with Crippen LogP contribution >= 0.6 is 0 Å². The van der Waals surface area contributed by atoms with Crippen LogP contribution in [-0.2, 0) is 0 Å². The molecule has 0 atom stereocenters. The summed E-state index contributed by atoms with van der Waals surface area (Å²) in [6.45, 7) is 0. The second-order valence-corrected chi connectivity index (χ2v) is 2.42. The van der Waals surface area contributed by atoms with Crippen molar-refractivity contribution < 1.29 is 17.9 Å². The number of rotatable bonds is 0. The molecule has 0 spiro atoms. The van der Waals surface area contributed by atoms with Crippen LogP contribution in [0.1, 0.15) is 12.8 Å². The number of alkyl halides is 3. The van der Waals surface area contributed by atoms with Crippen molar-refractivity contribution in [2.45, 2.75) is 19.0 Å². The molecule has 1 rings (SSSR count). The van der Waals surface area contributed by atoms with E-state index in [0.717, 1.165) is 6.21 Å². The number of nitrogens with zero attached hydrogens (tertiary/aromatic N) is 1. The van der Waals surface area contributed by atoms with E-state index in [1.165, 1.54) is 0 Å². The Morgan fingerprint density at radius 2 is 2.08 bits per heavy atom. The first-order valence-electron chi connectivity index (χ1n) is 3.28. The maximum atomic E-state index is 12.0. The Balaban J connectivity index is 3.07. The molecule has 1 aliphatic rings. The van der Waals surface area contributed by atoms with Gasteiger partial charge in [0.15, 0.2) is 6.21 Å². The van der Waals surface area contributed by atoms with E-state index in [1.54, 1.807) is 0 Å². The third kappa shape index (κ3) is 1.51. The van der Waals surface area contributed by atoms with E-state index < -0.39 is 11.9 Å². The highest BCUT2D eigenvalue weighted by molar-refractivity contribution is 5.54. The third-order valence-electron chi connectivity index (χ3n) is 1.50. The van der Waals surface area contributed by atoms with Gasteiger partial charge < -0.3 is 10.9 Å². The van der Waals surface area contributed by atoms with Crippen LogP contribution in [0.3, 0.4) is 0 Å². The standard InChI is InChI=1S/C6H7F3N2O/c7-6(8,9)5-4(10)2-1-3-11(5)12/h3H,1-2,10H2. The van der Waals surface area contributed by atoms with Gasteiger partial charge in [0.05, 0.1) is 5.70 Å². The Morgan fingerprint density at radius 1 is 1.50 bits per heavy atom. The predicted octanol–water partition coefficient (Wildman–Crippen LogP) is 1.09. The number of nitrogens with two attached hydrogens (primary N) is 1. The third-order valence-corrected chi connectivity index (χ3v) is 1.50. The lowest BCUT2D eigenvalue weighted by Gasteiger charge is -2.15. The van der Waals surface area contributed by atoms with Crippen LogP contribution in [0.15, 0.2) is 11.4 Å². The summed E-state index contributed by atoms with van der Waals surface area (Å²) in [5.41, 5.74) is 3.38.